The molecular weight excluding hydrogens is 174 g/mol. The molecule has 5 atom stereocenters. The fourth-order valence-corrected chi connectivity index (χ4v) is 4.27. The van der Waals surface area contributed by atoms with E-state index in [2.05, 4.69) is 5.32 Å². The van der Waals surface area contributed by atoms with Crippen molar-refractivity contribution in [3.8, 4) is 0 Å². The Morgan fingerprint density at radius 3 is 2.43 bits per heavy atom. The van der Waals surface area contributed by atoms with Gasteiger partial charge in [-0.3, -0.25) is 0 Å². The lowest BCUT2D eigenvalue weighted by Crippen LogP contribution is -2.39. The summed E-state index contributed by atoms with van der Waals surface area (Å²) in [5.74, 6) is 2.94. The predicted molar refractivity (Wildman–Crippen MR) is 55.9 cm³/mol. The summed E-state index contributed by atoms with van der Waals surface area (Å²) in [6.07, 6.45) is 6.76. The Balaban J connectivity index is 1.83. The van der Waals surface area contributed by atoms with Gasteiger partial charge in [-0.2, -0.15) is 0 Å². The number of nitrogens with one attached hydrogen (secondary N) is 1. The maximum absolute atomic E-state index is 10.3. The second kappa shape index (κ2) is 3.49. The van der Waals surface area contributed by atoms with Crippen molar-refractivity contribution >= 4 is 0 Å². The highest BCUT2D eigenvalue weighted by Crippen LogP contribution is 2.50. The third kappa shape index (κ3) is 1.24. The average molecular weight is 195 g/mol. The maximum atomic E-state index is 10.3. The summed E-state index contributed by atoms with van der Waals surface area (Å²) in [6.45, 7) is 2.25. The largest absolute Gasteiger partial charge is 0.392 e. The van der Waals surface area contributed by atoms with E-state index in [0.717, 1.165) is 18.4 Å². The Morgan fingerprint density at radius 2 is 1.57 bits per heavy atom. The lowest BCUT2D eigenvalue weighted by atomic mass is 9.76. The molecule has 0 amide bonds. The van der Waals surface area contributed by atoms with Crippen LogP contribution in [-0.4, -0.2) is 24.3 Å². The Kier molecular flexibility index (Phi) is 2.29. The Bertz CT molecular complexity index is 196. The second-order valence-corrected chi connectivity index (χ2v) is 5.42. The Labute approximate surface area is 86.1 Å². The molecule has 0 aromatic heterocycles. The molecule has 3 aliphatic rings. The Morgan fingerprint density at radius 1 is 0.857 bits per heavy atom. The molecule has 2 N–H and O–H groups in total. The monoisotopic (exact) mass is 195 g/mol. The first kappa shape index (κ1) is 9.17. The maximum Gasteiger partial charge on any atom is 0.0614 e. The van der Waals surface area contributed by atoms with Gasteiger partial charge in [-0.1, -0.05) is 12.8 Å². The van der Waals surface area contributed by atoms with E-state index >= 15 is 0 Å². The van der Waals surface area contributed by atoms with Crippen LogP contribution in [0.5, 0.6) is 0 Å². The first-order chi connectivity index (χ1) is 6.88. The van der Waals surface area contributed by atoms with Gasteiger partial charge in [0.2, 0.25) is 0 Å². The molecule has 3 rings (SSSR count). The van der Waals surface area contributed by atoms with E-state index < -0.39 is 0 Å². The van der Waals surface area contributed by atoms with Crippen LogP contribution in [0, 0.1) is 23.7 Å². The van der Waals surface area contributed by atoms with Gasteiger partial charge >= 0.3 is 0 Å². The molecule has 14 heavy (non-hydrogen) atoms. The minimum absolute atomic E-state index is 0.0121. The van der Waals surface area contributed by atoms with Gasteiger partial charge in [0.1, 0.15) is 0 Å². The zero-order chi connectivity index (χ0) is 9.54. The number of rotatable bonds is 0. The summed E-state index contributed by atoms with van der Waals surface area (Å²) in [5, 5.41) is 13.7. The molecular formula is C12H21NO. The first-order valence-electron chi connectivity index (χ1n) is 6.26. The smallest absolute Gasteiger partial charge is 0.0614 e. The van der Waals surface area contributed by atoms with Crippen LogP contribution in [0.25, 0.3) is 0 Å². The number of piperidine rings is 1. The first-order valence-corrected chi connectivity index (χ1v) is 6.26. The highest BCUT2D eigenvalue weighted by Gasteiger charge is 2.50. The standard InChI is InChI=1S/C12H21NO/c14-12-10-4-2-1-3-8(10)9-5-6-13-7-11(9)12/h8-14H,1-7H2. The van der Waals surface area contributed by atoms with Gasteiger partial charge in [-0.15, -0.1) is 0 Å². The zero-order valence-corrected chi connectivity index (χ0v) is 8.78. The van der Waals surface area contributed by atoms with E-state index in [1.807, 2.05) is 0 Å². The van der Waals surface area contributed by atoms with Crippen molar-refractivity contribution in [2.45, 2.75) is 38.2 Å². The third-order valence-corrected chi connectivity index (χ3v) is 4.89. The minimum Gasteiger partial charge on any atom is -0.392 e. The van der Waals surface area contributed by atoms with Crippen molar-refractivity contribution in [2.24, 2.45) is 23.7 Å². The molecule has 5 unspecified atom stereocenters. The van der Waals surface area contributed by atoms with Gasteiger partial charge in [0.15, 0.2) is 0 Å². The third-order valence-electron chi connectivity index (χ3n) is 4.89. The molecule has 1 heterocycles. The minimum atomic E-state index is 0.0121. The number of aliphatic hydroxyl groups excluding tert-OH is 1. The summed E-state index contributed by atoms with van der Waals surface area (Å²) in [7, 11) is 0. The van der Waals surface area contributed by atoms with E-state index in [-0.39, 0.29) is 6.10 Å². The van der Waals surface area contributed by atoms with E-state index in [9.17, 15) is 5.11 Å². The van der Waals surface area contributed by atoms with Crippen molar-refractivity contribution in [3.05, 3.63) is 0 Å². The molecule has 0 aromatic carbocycles. The van der Waals surface area contributed by atoms with Crippen LogP contribution < -0.4 is 5.32 Å². The van der Waals surface area contributed by atoms with E-state index in [4.69, 9.17) is 0 Å². The van der Waals surface area contributed by atoms with E-state index in [0.29, 0.717) is 11.8 Å². The van der Waals surface area contributed by atoms with Gasteiger partial charge in [-0.05, 0) is 43.6 Å². The lowest BCUT2D eigenvalue weighted by Gasteiger charge is -2.32. The zero-order valence-electron chi connectivity index (χ0n) is 8.78. The molecule has 80 valence electrons. The quantitative estimate of drug-likeness (QED) is 0.612. The van der Waals surface area contributed by atoms with Crippen LogP contribution >= 0.6 is 0 Å². The normalized spacial score (nSPS) is 52.5. The molecule has 0 bridgehead atoms. The van der Waals surface area contributed by atoms with Crippen LogP contribution in [0.15, 0.2) is 0 Å². The molecule has 2 aliphatic carbocycles. The summed E-state index contributed by atoms with van der Waals surface area (Å²) in [4.78, 5) is 0. The number of aliphatic hydroxyl groups is 1. The van der Waals surface area contributed by atoms with Crippen LogP contribution in [0.3, 0.4) is 0 Å². The second-order valence-electron chi connectivity index (χ2n) is 5.42. The van der Waals surface area contributed by atoms with Crippen LogP contribution in [0.2, 0.25) is 0 Å². The van der Waals surface area contributed by atoms with Crippen molar-refractivity contribution in [1.82, 2.24) is 5.32 Å². The van der Waals surface area contributed by atoms with Gasteiger partial charge in [0.05, 0.1) is 6.10 Å². The molecule has 0 aromatic rings. The van der Waals surface area contributed by atoms with Gasteiger partial charge < -0.3 is 10.4 Å². The SMILES string of the molecule is OC1C2CCCCC2C2CCNCC12. The molecule has 0 radical (unpaired) electrons. The highest BCUT2D eigenvalue weighted by atomic mass is 16.3. The van der Waals surface area contributed by atoms with Crippen molar-refractivity contribution < 1.29 is 5.11 Å². The van der Waals surface area contributed by atoms with Gasteiger partial charge in [0, 0.05) is 12.5 Å². The number of hydrogen-bond donors (Lipinski definition) is 2. The van der Waals surface area contributed by atoms with Crippen molar-refractivity contribution in [1.29, 1.82) is 0 Å². The molecule has 2 nitrogen and oxygen atoms in total. The Hall–Kier alpha value is -0.0800. The molecule has 1 saturated heterocycles. The number of fused-ring (bicyclic) bond motifs is 3. The summed E-state index contributed by atoms with van der Waals surface area (Å²) in [5.41, 5.74) is 0. The molecule has 2 saturated carbocycles. The number of hydrogen-bond acceptors (Lipinski definition) is 2. The summed E-state index contributed by atoms with van der Waals surface area (Å²) >= 11 is 0. The van der Waals surface area contributed by atoms with Gasteiger partial charge in [-0.25, -0.2) is 0 Å². The molecule has 3 fully saturated rings. The van der Waals surface area contributed by atoms with Crippen LogP contribution in [0.1, 0.15) is 32.1 Å². The average Bonchev–Trinajstić information content (AvgIpc) is 2.55. The van der Waals surface area contributed by atoms with Crippen LogP contribution in [-0.2, 0) is 0 Å². The summed E-state index contributed by atoms with van der Waals surface area (Å²) < 4.78 is 0. The molecule has 2 heteroatoms. The highest BCUT2D eigenvalue weighted by molar-refractivity contribution is 5.00. The topological polar surface area (TPSA) is 32.3 Å². The molecule has 1 aliphatic heterocycles. The van der Waals surface area contributed by atoms with E-state index in [1.165, 1.54) is 38.6 Å². The fourth-order valence-electron chi connectivity index (χ4n) is 4.27. The lowest BCUT2D eigenvalue weighted by molar-refractivity contribution is 0.0651. The van der Waals surface area contributed by atoms with E-state index in [1.54, 1.807) is 0 Å². The van der Waals surface area contributed by atoms with Crippen molar-refractivity contribution in [2.75, 3.05) is 13.1 Å². The predicted octanol–water partition coefficient (Wildman–Crippen LogP) is 1.39. The van der Waals surface area contributed by atoms with Crippen molar-refractivity contribution in [3.63, 3.8) is 0 Å². The molecule has 0 spiro atoms. The van der Waals surface area contributed by atoms with Crippen LogP contribution in [0.4, 0.5) is 0 Å². The summed E-state index contributed by atoms with van der Waals surface area (Å²) in [6, 6.07) is 0. The fraction of sp³-hybridized carbons (Fsp3) is 1.00. The van der Waals surface area contributed by atoms with Gasteiger partial charge in [0.25, 0.3) is 0 Å².